The molecule has 2 aromatic rings. The van der Waals surface area contributed by atoms with Crippen molar-refractivity contribution in [3.8, 4) is 23.7 Å². The number of fused-ring (bicyclic) bond motifs is 1. The fourth-order valence-corrected chi connectivity index (χ4v) is 3.78. The summed E-state index contributed by atoms with van der Waals surface area (Å²) in [5.41, 5.74) is 1.69. The molecule has 2 aliphatic heterocycles. The van der Waals surface area contributed by atoms with Gasteiger partial charge in [0.25, 0.3) is 0 Å². The summed E-state index contributed by atoms with van der Waals surface area (Å²) in [6.45, 7) is 0.205. The van der Waals surface area contributed by atoms with Gasteiger partial charge in [-0.25, -0.2) is 0 Å². The molecule has 0 aliphatic carbocycles. The predicted octanol–water partition coefficient (Wildman–Crippen LogP) is 2.58. The molecule has 2 aromatic carbocycles. The van der Waals surface area contributed by atoms with Crippen LogP contribution in [0.15, 0.2) is 60.7 Å². The minimum Gasteiger partial charge on any atom is -0.456 e. The largest absolute Gasteiger partial charge is 0.456 e. The van der Waals surface area contributed by atoms with Gasteiger partial charge in [0.1, 0.15) is 18.3 Å². The van der Waals surface area contributed by atoms with E-state index >= 15 is 0 Å². The number of ether oxygens (including phenoxy) is 5. The molecule has 0 bridgehead atoms. The number of carbonyl (C=O) groups excluding carboxylic acids is 1. The van der Waals surface area contributed by atoms with Crippen molar-refractivity contribution >= 4 is 5.97 Å². The van der Waals surface area contributed by atoms with E-state index in [0.29, 0.717) is 0 Å². The smallest absolute Gasteiger partial charge is 0.307 e. The van der Waals surface area contributed by atoms with Crippen LogP contribution >= 0.6 is 0 Å². The number of esters is 1. The molecule has 2 saturated heterocycles. The molecule has 0 amide bonds. The highest BCUT2D eigenvalue weighted by atomic mass is 16.8. The van der Waals surface area contributed by atoms with Gasteiger partial charge < -0.3 is 28.8 Å². The van der Waals surface area contributed by atoms with Crippen LogP contribution in [-0.4, -0.2) is 55.5 Å². The lowest BCUT2D eigenvalue weighted by molar-refractivity contribution is -0.358. The summed E-state index contributed by atoms with van der Waals surface area (Å²) in [7, 11) is 1.41. The molecule has 0 radical (unpaired) electrons. The second-order valence-corrected chi connectivity index (χ2v) is 7.82. The lowest BCUT2D eigenvalue weighted by Gasteiger charge is -2.47. The van der Waals surface area contributed by atoms with E-state index in [0.717, 1.165) is 11.1 Å². The zero-order valence-corrected chi connectivity index (χ0v) is 18.8. The first-order valence-corrected chi connectivity index (χ1v) is 11.1. The molecule has 7 nitrogen and oxygen atoms in total. The van der Waals surface area contributed by atoms with Gasteiger partial charge >= 0.3 is 5.97 Å². The van der Waals surface area contributed by atoms with Gasteiger partial charge in [0, 0.05) is 24.7 Å². The Kier molecular flexibility index (Phi) is 8.32. The summed E-state index contributed by atoms with van der Waals surface area (Å²) in [5, 5.41) is 10.7. The normalized spacial score (nSPS) is 27.8. The highest BCUT2D eigenvalue weighted by molar-refractivity contribution is 5.70. The number of aliphatic hydroxyl groups is 1. The zero-order valence-electron chi connectivity index (χ0n) is 18.8. The van der Waals surface area contributed by atoms with Gasteiger partial charge in [-0.1, -0.05) is 60.4 Å². The Morgan fingerprint density at radius 3 is 2.53 bits per heavy atom. The van der Waals surface area contributed by atoms with E-state index in [1.165, 1.54) is 7.11 Å². The average molecular weight is 462 g/mol. The molecule has 2 aliphatic rings. The second kappa shape index (κ2) is 11.8. The first kappa shape index (κ1) is 24.0. The molecule has 6 atom stereocenters. The van der Waals surface area contributed by atoms with Crippen molar-refractivity contribution < 1.29 is 33.6 Å². The van der Waals surface area contributed by atoms with Gasteiger partial charge in [-0.05, 0) is 24.0 Å². The third-order valence-electron chi connectivity index (χ3n) is 5.46. The van der Waals surface area contributed by atoms with Crippen LogP contribution in [0.3, 0.4) is 0 Å². The van der Waals surface area contributed by atoms with Crippen molar-refractivity contribution in [1.82, 2.24) is 0 Å². The molecule has 0 saturated carbocycles. The van der Waals surface area contributed by atoms with E-state index in [1.54, 1.807) is 0 Å². The van der Waals surface area contributed by atoms with E-state index in [-0.39, 0.29) is 19.4 Å². The molecule has 2 heterocycles. The maximum absolute atomic E-state index is 12.5. The Morgan fingerprint density at radius 1 is 1.06 bits per heavy atom. The van der Waals surface area contributed by atoms with Gasteiger partial charge in [0.2, 0.25) is 0 Å². The zero-order chi connectivity index (χ0) is 23.8. The number of methoxy groups -OCH3 is 1. The number of carbonyl (C=O) groups is 1. The van der Waals surface area contributed by atoms with Gasteiger partial charge in [-0.2, -0.15) is 0 Å². The summed E-state index contributed by atoms with van der Waals surface area (Å²) >= 11 is 0. The number of hydrogen-bond donors (Lipinski definition) is 1. The number of aliphatic hydroxyl groups excluding tert-OH is 1. The van der Waals surface area contributed by atoms with Gasteiger partial charge in [0.15, 0.2) is 18.7 Å². The van der Waals surface area contributed by atoms with Crippen molar-refractivity contribution in [3.63, 3.8) is 0 Å². The third kappa shape index (κ3) is 6.03. The lowest BCUT2D eigenvalue weighted by atomic mass is 9.97. The topological polar surface area (TPSA) is 83.5 Å². The summed E-state index contributed by atoms with van der Waals surface area (Å²) in [5.74, 6) is 10.8. The first-order valence-electron chi connectivity index (χ1n) is 11.1. The van der Waals surface area contributed by atoms with Crippen molar-refractivity contribution in [2.45, 2.75) is 49.8 Å². The van der Waals surface area contributed by atoms with Crippen LogP contribution in [0.2, 0.25) is 0 Å². The van der Waals surface area contributed by atoms with Gasteiger partial charge in [0.05, 0.1) is 13.0 Å². The maximum atomic E-state index is 12.5. The van der Waals surface area contributed by atoms with E-state index in [1.807, 2.05) is 60.7 Å². The van der Waals surface area contributed by atoms with Crippen LogP contribution in [0.5, 0.6) is 0 Å². The molecule has 1 N–H and O–H groups in total. The predicted molar refractivity (Wildman–Crippen MR) is 122 cm³/mol. The van der Waals surface area contributed by atoms with E-state index in [4.69, 9.17) is 23.7 Å². The molecular formula is C27H26O7. The molecular weight excluding hydrogens is 436 g/mol. The maximum Gasteiger partial charge on any atom is 0.307 e. The first-order chi connectivity index (χ1) is 16.7. The minimum atomic E-state index is -1.22. The molecule has 0 spiro atoms. The van der Waals surface area contributed by atoms with Crippen LogP contribution in [0.25, 0.3) is 0 Å². The molecule has 176 valence electrons. The van der Waals surface area contributed by atoms with E-state index < -0.39 is 43.0 Å². The Morgan fingerprint density at radius 2 is 1.79 bits per heavy atom. The number of hydrogen-bond acceptors (Lipinski definition) is 7. The fraction of sp³-hybridized carbons (Fsp3) is 0.370. The molecule has 0 aromatic heterocycles. The Bertz CT molecular complexity index is 1060. The summed E-state index contributed by atoms with van der Waals surface area (Å²) in [4.78, 5) is 12.5. The Balaban J connectivity index is 1.36. The fourth-order valence-electron chi connectivity index (χ4n) is 3.78. The highest BCUT2D eigenvalue weighted by Gasteiger charge is 2.51. The minimum absolute atomic E-state index is 0.0533. The van der Waals surface area contributed by atoms with Crippen LogP contribution in [-0.2, 0) is 28.5 Å². The number of benzene rings is 2. The molecule has 4 rings (SSSR count). The molecule has 2 fully saturated rings. The summed E-state index contributed by atoms with van der Waals surface area (Å²) in [6.07, 6.45) is -4.76. The van der Waals surface area contributed by atoms with Crippen molar-refractivity contribution in [3.05, 3.63) is 71.8 Å². The van der Waals surface area contributed by atoms with Crippen molar-refractivity contribution in [2.75, 3.05) is 13.7 Å². The summed E-state index contributed by atoms with van der Waals surface area (Å²) < 4.78 is 28.5. The van der Waals surface area contributed by atoms with E-state index in [2.05, 4.69) is 23.7 Å². The third-order valence-corrected chi connectivity index (χ3v) is 5.46. The second-order valence-electron chi connectivity index (χ2n) is 7.82. The Hall–Kier alpha value is -3.17. The van der Waals surface area contributed by atoms with Crippen LogP contribution in [0, 0.1) is 23.7 Å². The highest BCUT2D eigenvalue weighted by Crippen LogP contribution is 2.35. The van der Waals surface area contributed by atoms with Crippen LogP contribution < -0.4 is 0 Å². The average Bonchev–Trinajstić information content (AvgIpc) is 2.88. The standard InChI is InChI=1S/C27H26O7/c1-30-27-23(29)25(24-21(32-27)18-31-26(34-24)20-15-9-5-10-16-20)33-22(28)17-11-3-2-6-12-19-13-7-4-8-14-19/h4-5,7-10,13-16,21,23-27,29H,11,17-18H2,1H3/t21-,23-,24-,25-,26-,27+/m1/s1. The van der Waals surface area contributed by atoms with Gasteiger partial charge in [-0.3, -0.25) is 4.79 Å². The van der Waals surface area contributed by atoms with E-state index in [9.17, 15) is 9.90 Å². The monoisotopic (exact) mass is 462 g/mol. The van der Waals surface area contributed by atoms with Crippen molar-refractivity contribution in [1.29, 1.82) is 0 Å². The Labute approximate surface area is 198 Å². The quantitative estimate of drug-likeness (QED) is 0.540. The molecule has 34 heavy (non-hydrogen) atoms. The van der Waals surface area contributed by atoms with Crippen LogP contribution in [0.1, 0.15) is 30.3 Å². The SMILES string of the molecule is CO[C@H]1O[C@@H]2CO[C@@H](c3ccccc3)O[C@H]2[C@H](OC(=O)CCC#CC#Cc2ccccc2)[C@H]1O. The van der Waals surface area contributed by atoms with Crippen LogP contribution in [0.4, 0.5) is 0 Å². The van der Waals surface area contributed by atoms with Crippen molar-refractivity contribution in [2.24, 2.45) is 0 Å². The van der Waals surface area contributed by atoms with Gasteiger partial charge in [-0.15, -0.1) is 0 Å². The lowest BCUT2D eigenvalue weighted by Crippen LogP contribution is -2.63. The number of rotatable bonds is 5. The molecule has 7 heteroatoms. The summed E-state index contributed by atoms with van der Waals surface area (Å²) in [6, 6.07) is 18.9. The molecule has 0 unspecified atom stereocenters.